The second-order valence-corrected chi connectivity index (χ2v) is 7.44. The summed E-state index contributed by atoms with van der Waals surface area (Å²) in [6.07, 6.45) is 1.94. The zero-order valence-corrected chi connectivity index (χ0v) is 16.6. The van der Waals surface area contributed by atoms with Crippen LogP contribution in [0.4, 0.5) is 0 Å². The molecule has 0 aliphatic rings. The normalized spacial score (nSPS) is 10.9. The lowest BCUT2D eigenvalue weighted by molar-refractivity contribution is -0.133. The second kappa shape index (κ2) is 8.35. The molecule has 0 saturated heterocycles. The predicted molar refractivity (Wildman–Crippen MR) is 107 cm³/mol. The van der Waals surface area contributed by atoms with Gasteiger partial charge in [0.1, 0.15) is 9.71 Å². The number of benzene rings is 1. The molecule has 0 atom stereocenters. The van der Waals surface area contributed by atoms with Crippen LogP contribution in [-0.2, 0) is 9.53 Å². The SMILES string of the molecule is CCCCN(C)C(=O)COC(=O)c1cc2c(C)nn(-c3ccccc3)c2s1. The van der Waals surface area contributed by atoms with Crippen LogP contribution in [0.2, 0.25) is 0 Å². The van der Waals surface area contributed by atoms with E-state index in [1.165, 1.54) is 11.3 Å². The van der Waals surface area contributed by atoms with Crippen LogP contribution < -0.4 is 0 Å². The third-order valence-electron chi connectivity index (χ3n) is 4.35. The van der Waals surface area contributed by atoms with Crippen molar-refractivity contribution in [1.82, 2.24) is 14.7 Å². The number of aryl methyl sites for hydroxylation is 1. The Kier molecular flexibility index (Phi) is 5.91. The molecule has 0 radical (unpaired) electrons. The Morgan fingerprint density at radius 2 is 2.00 bits per heavy atom. The number of fused-ring (bicyclic) bond motifs is 1. The summed E-state index contributed by atoms with van der Waals surface area (Å²) in [6.45, 7) is 4.41. The van der Waals surface area contributed by atoms with Gasteiger partial charge in [-0.15, -0.1) is 11.3 Å². The quantitative estimate of drug-likeness (QED) is 0.580. The van der Waals surface area contributed by atoms with Crippen molar-refractivity contribution >= 4 is 33.4 Å². The maximum Gasteiger partial charge on any atom is 0.348 e. The van der Waals surface area contributed by atoms with Gasteiger partial charge in [-0.05, 0) is 31.5 Å². The van der Waals surface area contributed by atoms with E-state index in [-0.39, 0.29) is 12.5 Å². The molecule has 27 heavy (non-hydrogen) atoms. The molecular formula is C20H23N3O3S. The maximum absolute atomic E-state index is 12.4. The molecule has 1 aromatic carbocycles. The molecule has 0 aliphatic heterocycles. The van der Waals surface area contributed by atoms with E-state index in [2.05, 4.69) is 12.0 Å². The number of esters is 1. The van der Waals surface area contributed by atoms with Crippen molar-refractivity contribution in [2.75, 3.05) is 20.2 Å². The lowest BCUT2D eigenvalue weighted by Crippen LogP contribution is -2.31. The number of hydrogen-bond donors (Lipinski definition) is 0. The molecule has 7 heteroatoms. The highest BCUT2D eigenvalue weighted by Gasteiger charge is 2.19. The van der Waals surface area contributed by atoms with Crippen molar-refractivity contribution in [3.05, 3.63) is 47.0 Å². The summed E-state index contributed by atoms with van der Waals surface area (Å²) < 4.78 is 7.06. The summed E-state index contributed by atoms with van der Waals surface area (Å²) in [5, 5.41) is 5.48. The van der Waals surface area contributed by atoms with Crippen LogP contribution in [0, 0.1) is 6.92 Å². The summed E-state index contributed by atoms with van der Waals surface area (Å²) in [5.41, 5.74) is 1.78. The molecule has 0 N–H and O–H groups in total. The summed E-state index contributed by atoms with van der Waals surface area (Å²) in [7, 11) is 1.73. The Balaban J connectivity index is 1.74. The van der Waals surface area contributed by atoms with Crippen molar-refractivity contribution < 1.29 is 14.3 Å². The Bertz CT molecular complexity index is 946. The lowest BCUT2D eigenvalue weighted by Gasteiger charge is -2.16. The molecule has 6 nitrogen and oxygen atoms in total. The van der Waals surface area contributed by atoms with Crippen LogP contribution in [0.3, 0.4) is 0 Å². The van der Waals surface area contributed by atoms with E-state index in [1.54, 1.807) is 18.0 Å². The van der Waals surface area contributed by atoms with Crippen LogP contribution >= 0.6 is 11.3 Å². The van der Waals surface area contributed by atoms with Crippen molar-refractivity contribution in [3.8, 4) is 5.69 Å². The first kappa shape index (κ1) is 19.1. The molecule has 3 rings (SSSR count). The Morgan fingerprint density at radius 1 is 1.26 bits per heavy atom. The van der Waals surface area contributed by atoms with Gasteiger partial charge in [-0.25, -0.2) is 9.48 Å². The molecule has 0 spiro atoms. The first-order valence-electron chi connectivity index (χ1n) is 8.97. The first-order chi connectivity index (χ1) is 13.0. The van der Waals surface area contributed by atoms with Gasteiger partial charge in [0.2, 0.25) is 0 Å². The van der Waals surface area contributed by atoms with E-state index in [1.807, 2.05) is 41.9 Å². The molecule has 3 aromatic rings. The Labute approximate surface area is 162 Å². The molecular weight excluding hydrogens is 362 g/mol. The molecule has 0 bridgehead atoms. The number of nitrogens with zero attached hydrogens (tertiary/aromatic N) is 3. The summed E-state index contributed by atoms with van der Waals surface area (Å²) in [6, 6.07) is 11.6. The number of carbonyl (C=O) groups excluding carboxylic acids is 2. The fourth-order valence-electron chi connectivity index (χ4n) is 2.72. The van der Waals surface area contributed by atoms with Crippen LogP contribution in [0.5, 0.6) is 0 Å². The number of aromatic nitrogens is 2. The topological polar surface area (TPSA) is 64.4 Å². The Morgan fingerprint density at radius 3 is 2.70 bits per heavy atom. The zero-order chi connectivity index (χ0) is 19.4. The van der Waals surface area contributed by atoms with Crippen molar-refractivity contribution in [3.63, 3.8) is 0 Å². The zero-order valence-electron chi connectivity index (χ0n) is 15.8. The van der Waals surface area contributed by atoms with Crippen molar-refractivity contribution in [2.45, 2.75) is 26.7 Å². The highest BCUT2D eigenvalue weighted by molar-refractivity contribution is 7.20. The fraction of sp³-hybridized carbons (Fsp3) is 0.350. The summed E-state index contributed by atoms with van der Waals surface area (Å²) in [4.78, 5) is 27.4. The summed E-state index contributed by atoms with van der Waals surface area (Å²) >= 11 is 1.32. The number of likely N-dealkylation sites (N-methyl/N-ethyl adjacent to an activating group) is 1. The number of carbonyl (C=O) groups is 2. The lowest BCUT2D eigenvalue weighted by atomic mass is 10.3. The van der Waals surface area contributed by atoms with Gasteiger partial charge < -0.3 is 9.64 Å². The van der Waals surface area contributed by atoms with Crippen molar-refractivity contribution in [1.29, 1.82) is 0 Å². The van der Waals surface area contributed by atoms with Crippen LogP contribution in [0.25, 0.3) is 15.9 Å². The van der Waals surface area contributed by atoms with E-state index in [0.29, 0.717) is 11.4 Å². The minimum Gasteiger partial charge on any atom is -0.451 e. The maximum atomic E-state index is 12.4. The molecule has 0 aliphatic carbocycles. The van der Waals surface area contributed by atoms with E-state index < -0.39 is 5.97 Å². The summed E-state index contributed by atoms with van der Waals surface area (Å²) in [5.74, 6) is -0.669. The van der Waals surface area contributed by atoms with Gasteiger partial charge in [0.15, 0.2) is 6.61 Å². The number of hydrogen-bond acceptors (Lipinski definition) is 5. The van der Waals surface area contributed by atoms with Gasteiger partial charge in [0.25, 0.3) is 5.91 Å². The van der Waals surface area contributed by atoms with E-state index in [0.717, 1.165) is 34.4 Å². The fourth-order valence-corrected chi connectivity index (χ4v) is 3.80. The highest BCUT2D eigenvalue weighted by atomic mass is 32.1. The van der Waals surface area contributed by atoms with Gasteiger partial charge in [0.05, 0.1) is 11.4 Å². The van der Waals surface area contributed by atoms with Crippen LogP contribution in [0.15, 0.2) is 36.4 Å². The minimum atomic E-state index is -0.479. The number of rotatable bonds is 7. The molecule has 142 valence electrons. The number of amides is 1. The largest absolute Gasteiger partial charge is 0.451 e. The van der Waals surface area contributed by atoms with Gasteiger partial charge in [-0.1, -0.05) is 31.5 Å². The average Bonchev–Trinajstić information content (AvgIpc) is 3.25. The van der Waals surface area contributed by atoms with Crippen LogP contribution in [-0.4, -0.2) is 46.8 Å². The van der Waals surface area contributed by atoms with E-state index in [9.17, 15) is 9.59 Å². The minimum absolute atomic E-state index is 0.190. The number of ether oxygens (including phenoxy) is 1. The standard InChI is InChI=1S/C20H23N3O3S/c1-4-5-11-22(3)18(24)13-26-20(25)17-12-16-14(2)21-23(19(16)27-17)15-9-7-6-8-10-15/h6-10,12H,4-5,11,13H2,1-3H3. The van der Waals surface area contributed by atoms with Crippen LogP contribution in [0.1, 0.15) is 35.1 Å². The molecule has 0 unspecified atom stereocenters. The molecule has 2 heterocycles. The third-order valence-corrected chi connectivity index (χ3v) is 5.44. The molecule has 2 aromatic heterocycles. The van der Waals surface area contributed by atoms with E-state index >= 15 is 0 Å². The number of para-hydroxylation sites is 1. The van der Waals surface area contributed by atoms with Crippen molar-refractivity contribution in [2.24, 2.45) is 0 Å². The third kappa shape index (κ3) is 4.19. The highest BCUT2D eigenvalue weighted by Crippen LogP contribution is 2.30. The van der Waals surface area contributed by atoms with Gasteiger partial charge >= 0.3 is 5.97 Å². The average molecular weight is 385 g/mol. The number of unbranched alkanes of at least 4 members (excludes halogenated alkanes) is 1. The second-order valence-electron chi connectivity index (χ2n) is 6.41. The van der Waals surface area contributed by atoms with Gasteiger partial charge in [-0.3, -0.25) is 4.79 Å². The van der Waals surface area contributed by atoms with E-state index in [4.69, 9.17) is 4.74 Å². The molecule has 0 saturated carbocycles. The van der Waals surface area contributed by atoms with Gasteiger partial charge in [0, 0.05) is 19.0 Å². The predicted octanol–water partition coefficient (Wildman–Crippen LogP) is 3.81. The monoisotopic (exact) mass is 385 g/mol. The molecule has 0 fully saturated rings. The number of thiophene rings is 1. The molecule has 1 amide bonds. The van der Waals surface area contributed by atoms with Gasteiger partial charge in [-0.2, -0.15) is 5.10 Å². The first-order valence-corrected chi connectivity index (χ1v) is 9.78. The smallest absolute Gasteiger partial charge is 0.348 e. The Hall–Kier alpha value is -2.67.